The Balaban J connectivity index is 1.92. The van der Waals surface area contributed by atoms with Crippen molar-refractivity contribution in [1.82, 2.24) is 0 Å². The van der Waals surface area contributed by atoms with Crippen molar-refractivity contribution in [3.8, 4) is 0 Å². The Kier molecular flexibility index (Phi) is 3.57. The van der Waals surface area contributed by atoms with Crippen LogP contribution in [0.15, 0.2) is 54.6 Å². The zero-order valence-electron chi connectivity index (χ0n) is 12.0. The number of benzene rings is 3. The summed E-state index contributed by atoms with van der Waals surface area (Å²) in [5.41, 5.74) is 9.05. The van der Waals surface area contributed by atoms with Crippen LogP contribution in [-0.4, -0.2) is 0 Å². The molecule has 3 aliphatic rings. The minimum absolute atomic E-state index is 0.388. The molecular weight excluding hydrogens is 621 g/mol. The van der Waals surface area contributed by atoms with Gasteiger partial charge in [0.1, 0.15) is 0 Å². The lowest BCUT2D eigenvalue weighted by Gasteiger charge is -2.42. The molecular formula is C20H11I3. The monoisotopic (exact) mass is 632 g/mol. The van der Waals surface area contributed by atoms with Crippen molar-refractivity contribution < 1.29 is 0 Å². The fourth-order valence-corrected chi connectivity index (χ4v) is 6.07. The summed E-state index contributed by atoms with van der Waals surface area (Å²) in [4.78, 5) is 0. The van der Waals surface area contributed by atoms with Crippen molar-refractivity contribution in [3.05, 3.63) is 98.7 Å². The SMILES string of the molecule is Ic1ccc2c(c1)C1c3cc(I)ccc3C2c2c(I)cccc21. The molecule has 6 rings (SSSR count). The summed E-state index contributed by atoms with van der Waals surface area (Å²) >= 11 is 7.38. The number of hydrogen-bond donors (Lipinski definition) is 0. The molecule has 0 heterocycles. The van der Waals surface area contributed by atoms with Crippen LogP contribution < -0.4 is 0 Å². The highest BCUT2D eigenvalue weighted by Gasteiger charge is 2.42. The first-order chi connectivity index (χ1) is 11.1. The average Bonchev–Trinajstić information content (AvgIpc) is 2.54. The van der Waals surface area contributed by atoms with Gasteiger partial charge in [-0.15, -0.1) is 0 Å². The van der Waals surface area contributed by atoms with Gasteiger partial charge in [0.05, 0.1) is 0 Å². The quantitative estimate of drug-likeness (QED) is 0.172. The largest absolute Gasteiger partial charge is 0.0609 e. The average molecular weight is 632 g/mol. The molecule has 0 saturated heterocycles. The Hall–Kier alpha value is -0.150. The van der Waals surface area contributed by atoms with E-state index in [1.165, 1.54) is 44.1 Å². The minimum Gasteiger partial charge on any atom is -0.0609 e. The van der Waals surface area contributed by atoms with E-state index in [4.69, 9.17) is 0 Å². The Morgan fingerprint density at radius 1 is 0.565 bits per heavy atom. The van der Waals surface area contributed by atoms with Gasteiger partial charge < -0.3 is 0 Å². The van der Waals surface area contributed by atoms with Gasteiger partial charge in [-0.1, -0.05) is 24.3 Å². The third kappa shape index (κ3) is 2.11. The topological polar surface area (TPSA) is 0 Å². The van der Waals surface area contributed by atoms with Crippen LogP contribution in [0.4, 0.5) is 0 Å². The van der Waals surface area contributed by atoms with Crippen molar-refractivity contribution in [2.24, 2.45) is 0 Å². The third-order valence-corrected chi connectivity index (χ3v) is 7.31. The van der Waals surface area contributed by atoms with E-state index in [9.17, 15) is 0 Å². The standard InChI is InChI=1S/C20H11I3/c21-10-4-6-12-15(8-10)18-14-2-1-3-17(23)20(14)19(12)13-7-5-11(22)9-16(13)18/h1-9,18-19H. The highest BCUT2D eigenvalue weighted by Crippen LogP contribution is 2.56. The van der Waals surface area contributed by atoms with E-state index in [-0.39, 0.29) is 0 Å². The molecule has 3 aliphatic carbocycles. The van der Waals surface area contributed by atoms with Gasteiger partial charge in [-0.05, 0) is 131 Å². The molecule has 0 aliphatic heterocycles. The smallest absolute Gasteiger partial charge is 0.0359 e. The van der Waals surface area contributed by atoms with Crippen molar-refractivity contribution in [2.75, 3.05) is 0 Å². The van der Waals surface area contributed by atoms with E-state index in [1.54, 1.807) is 0 Å². The number of rotatable bonds is 0. The summed E-state index contributed by atoms with van der Waals surface area (Å²) in [5.74, 6) is 0.779. The highest BCUT2D eigenvalue weighted by atomic mass is 127. The van der Waals surface area contributed by atoms with Crippen LogP contribution in [0.25, 0.3) is 0 Å². The molecule has 0 unspecified atom stereocenters. The van der Waals surface area contributed by atoms with Gasteiger partial charge in [-0.3, -0.25) is 0 Å². The van der Waals surface area contributed by atoms with E-state index in [1.807, 2.05) is 0 Å². The van der Waals surface area contributed by atoms with E-state index in [0.29, 0.717) is 11.8 Å². The van der Waals surface area contributed by atoms with E-state index < -0.39 is 0 Å². The van der Waals surface area contributed by atoms with Crippen LogP contribution in [0.3, 0.4) is 0 Å². The molecule has 3 heteroatoms. The lowest BCUT2D eigenvalue weighted by molar-refractivity contribution is 0.748. The van der Waals surface area contributed by atoms with Crippen molar-refractivity contribution in [2.45, 2.75) is 11.8 Å². The first-order valence-electron chi connectivity index (χ1n) is 7.52. The molecule has 0 radical (unpaired) electrons. The first kappa shape index (κ1) is 15.1. The van der Waals surface area contributed by atoms with Gasteiger partial charge >= 0.3 is 0 Å². The molecule has 112 valence electrons. The first-order valence-corrected chi connectivity index (χ1v) is 10.8. The van der Waals surface area contributed by atoms with Gasteiger partial charge in [0.2, 0.25) is 0 Å². The Labute approximate surface area is 176 Å². The van der Waals surface area contributed by atoms with Crippen molar-refractivity contribution >= 4 is 67.8 Å². The molecule has 0 nitrogen and oxygen atoms in total. The second kappa shape index (κ2) is 5.42. The van der Waals surface area contributed by atoms with Gasteiger partial charge in [0.15, 0.2) is 0 Å². The second-order valence-electron chi connectivity index (χ2n) is 6.16. The normalized spacial score (nSPS) is 20.0. The van der Waals surface area contributed by atoms with Crippen LogP contribution in [-0.2, 0) is 0 Å². The predicted molar refractivity (Wildman–Crippen MR) is 119 cm³/mol. The summed E-state index contributed by atoms with van der Waals surface area (Å²) in [6, 6.07) is 20.8. The zero-order valence-corrected chi connectivity index (χ0v) is 18.5. The third-order valence-electron chi connectivity index (χ3n) is 5.03. The van der Waals surface area contributed by atoms with E-state index in [2.05, 4.69) is 122 Å². The molecule has 3 aromatic carbocycles. The van der Waals surface area contributed by atoms with Crippen LogP contribution in [0.2, 0.25) is 0 Å². The maximum atomic E-state index is 2.51. The van der Waals surface area contributed by atoms with Gasteiger partial charge in [-0.2, -0.15) is 0 Å². The molecule has 0 atom stereocenters. The predicted octanol–water partition coefficient (Wildman–Crippen LogP) is 6.49. The number of hydrogen-bond acceptors (Lipinski definition) is 0. The van der Waals surface area contributed by atoms with Crippen LogP contribution >= 0.6 is 67.8 Å². The summed E-state index contributed by atoms with van der Waals surface area (Å²) in [7, 11) is 0. The molecule has 0 aromatic heterocycles. The van der Waals surface area contributed by atoms with E-state index in [0.717, 1.165) is 0 Å². The van der Waals surface area contributed by atoms with Gasteiger partial charge in [-0.25, -0.2) is 0 Å². The molecule has 0 N–H and O–H groups in total. The minimum atomic E-state index is 0.388. The van der Waals surface area contributed by atoms with Crippen LogP contribution in [0.5, 0.6) is 0 Å². The van der Waals surface area contributed by atoms with Gasteiger partial charge in [0, 0.05) is 22.5 Å². The van der Waals surface area contributed by atoms with E-state index >= 15 is 0 Å². The fourth-order valence-electron chi connectivity index (χ4n) is 4.21. The summed E-state index contributed by atoms with van der Waals surface area (Å²) in [5, 5.41) is 0. The summed E-state index contributed by atoms with van der Waals surface area (Å²) in [6.45, 7) is 0. The molecule has 0 saturated carbocycles. The second-order valence-corrected chi connectivity index (χ2v) is 9.81. The van der Waals surface area contributed by atoms with Crippen LogP contribution in [0.1, 0.15) is 45.2 Å². The maximum absolute atomic E-state index is 2.51. The van der Waals surface area contributed by atoms with Gasteiger partial charge in [0.25, 0.3) is 0 Å². The molecule has 23 heavy (non-hydrogen) atoms. The zero-order chi connectivity index (χ0) is 15.7. The Morgan fingerprint density at radius 3 is 1.78 bits per heavy atom. The fraction of sp³-hybridized carbons (Fsp3) is 0.100. The number of halogens is 3. The Morgan fingerprint density at radius 2 is 1.17 bits per heavy atom. The molecule has 0 fully saturated rings. The molecule has 0 spiro atoms. The lowest BCUT2D eigenvalue weighted by atomic mass is 9.61. The highest BCUT2D eigenvalue weighted by molar-refractivity contribution is 14.1. The molecule has 3 aromatic rings. The lowest BCUT2D eigenvalue weighted by Crippen LogP contribution is -2.28. The van der Waals surface area contributed by atoms with Crippen molar-refractivity contribution in [1.29, 1.82) is 0 Å². The Bertz CT molecular complexity index is 918. The molecule has 0 amide bonds. The van der Waals surface area contributed by atoms with Crippen molar-refractivity contribution in [3.63, 3.8) is 0 Å². The molecule has 2 bridgehead atoms. The summed E-state index contributed by atoms with van der Waals surface area (Å²) < 4.78 is 4.05. The summed E-state index contributed by atoms with van der Waals surface area (Å²) in [6.07, 6.45) is 0. The maximum Gasteiger partial charge on any atom is 0.0359 e. The van der Waals surface area contributed by atoms with Crippen LogP contribution in [0, 0.1) is 10.7 Å².